The van der Waals surface area contributed by atoms with Gasteiger partial charge in [0.15, 0.2) is 0 Å². The second-order valence-corrected chi connectivity index (χ2v) is 6.37. The second-order valence-electron chi connectivity index (χ2n) is 6.37. The molecule has 1 amide bonds. The fraction of sp³-hybridized carbons (Fsp3) is 0.316. The molecule has 2 aromatic heterocycles. The highest BCUT2D eigenvalue weighted by molar-refractivity contribution is 5.91. The first-order valence-corrected chi connectivity index (χ1v) is 8.70. The van der Waals surface area contributed by atoms with Crippen LogP contribution < -0.4 is 10.2 Å². The van der Waals surface area contributed by atoms with Crippen LogP contribution in [0.2, 0.25) is 0 Å². The summed E-state index contributed by atoms with van der Waals surface area (Å²) in [6.45, 7) is 2.28. The average Bonchev–Trinajstić information content (AvgIpc) is 3.06. The van der Waals surface area contributed by atoms with Crippen LogP contribution in [0.3, 0.4) is 0 Å². The highest BCUT2D eigenvalue weighted by Gasteiger charge is 2.13. The molecule has 128 valence electrons. The Labute approximate surface area is 146 Å². The van der Waals surface area contributed by atoms with E-state index in [1.54, 1.807) is 12.4 Å². The van der Waals surface area contributed by atoms with Gasteiger partial charge in [-0.2, -0.15) is 0 Å². The number of carbonyl (C=O) groups is 1. The largest absolute Gasteiger partial charge is 0.341 e. The number of fused-ring (bicyclic) bond motifs is 1. The molecule has 4 rings (SSSR count). The van der Waals surface area contributed by atoms with E-state index < -0.39 is 0 Å². The molecule has 0 bridgehead atoms. The Morgan fingerprint density at radius 2 is 1.80 bits per heavy atom. The van der Waals surface area contributed by atoms with Gasteiger partial charge in [-0.25, -0.2) is 9.97 Å². The fourth-order valence-corrected chi connectivity index (χ4v) is 3.28. The van der Waals surface area contributed by atoms with Gasteiger partial charge < -0.3 is 14.8 Å². The van der Waals surface area contributed by atoms with E-state index in [-0.39, 0.29) is 12.5 Å². The van der Waals surface area contributed by atoms with Crippen molar-refractivity contribution in [3.8, 4) is 0 Å². The summed E-state index contributed by atoms with van der Waals surface area (Å²) in [6, 6.07) is 10.0. The number of aromatic nitrogens is 3. The van der Waals surface area contributed by atoms with Crippen molar-refractivity contribution in [1.82, 2.24) is 14.5 Å². The number of amides is 1. The maximum atomic E-state index is 12.3. The van der Waals surface area contributed by atoms with Gasteiger partial charge in [0.2, 0.25) is 11.9 Å². The number of piperidine rings is 1. The predicted octanol–water partition coefficient (Wildman–Crippen LogP) is 3.06. The van der Waals surface area contributed by atoms with Crippen molar-refractivity contribution >= 4 is 28.4 Å². The van der Waals surface area contributed by atoms with Crippen molar-refractivity contribution < 1.29 is 4.79 Å². The Kier molecular flexibility index (Phi) is 4.33. The van der Waals surface area contributed by atoms with E-state index in [1.807, 2.05) is 41.1 Å². The molecule has 0 aliphatic carbocycles. The number of carbonyl (C=O) groups excluding carboxylic acids is 1. The summed E-state index contributed by atoms with van der Waals surface area (Å²) in [7, 11) is 0. The zero-order chi connectivity index (χ0) is 17.1. The lowest BCUT2D eigenvalue weighted by atomic mass is 10.1. The molecule has 0 atom stereocenters. The van der Waals surface area contributed by atoms with Crippen LogP contribution >= 0.6 is 0 Å². The molecular weight excluding hydrogens is 314 g/mol. The topological polar surface area (TPSA) is 63.1 Å². The Bertz CT molecular complexity index is 865. The molecule has 3 heterocycles. The smallest absolute Gasteiger partial charge is 0.244 e. The first-order valence-electron chi connectivity index (χ1n) is 8.70. The summed E-state index contributed by atoms with van der Waals surface area (Å²) in [5, 5.41) is 4.00. The molecule has 1 fully saturated rings. The van der Waals surface area contributed by atoms with Crippen molar-refractivity contribution in [2.45, 2.75) is 25.8 Å². The minimum absolute atomic E-state index is 0.0873. The summed E-state index contributed by atoms with van der Waals surface area (Å²) < 4.78 is 1.94. The second kappa shape index (κ2) is 6.93. The Morgan fingerprint density at radius 1 is 1.04 bits per heavy atom. The van der Waals surface area contributed by atoms with Gasteiger partial charge >= 0.3 is 0 Å². The number of nitrogens with one attached hydrogen (secondary N) is 1. The molecule has 0 unspecified atom stereocenters. The van der Waals surface area contributed by atoms with Crippen molar-refractivity contribution in [3.63, 3.8) is 0 Å². The SMILES string of the molecule is O=C(Cn1ccc2ccccc21)Nc1cnc(N2CCCCC2)nc1. The minimum Gasteiger partial charge on any atom is -0.341 e. The number of hydrogen-bond acceptors (Lipinski definition) is 4. The molecule has 1 N–H and O–H groups in total. The Balaban J connectivity index is 1.40. The lowest BCUT2D eigenvalue weighted by Gasteiger charge is -2.26. The lowest BCUT2D eigenvalue weighted by Crippen LogP contribution is -2.31. The van der Waals surface area contributed by atoms with Gasteiger partial charge in [0.25, 0.3) is 0 Å². The van der Waals surface area contributed by atoms with Crippen LogP contribution in [0.5, 0.6) is 0 Å². The normalized spacial score (nSPS) is 14.6. The van der Waals surface area contributed by atoms with Crippen LogP contribution in [0, 0.1) is 0 Å². The van der Waals surface area contributed by atoms with E-state index in [2.05, 4.69) is 20.2 Å². The third kappa shape index (κ3) is 3.47. The number of nitrogens with zero attached hydrogens (tertiary/aromatic N) is 4. The van der Waals surface area contributed by atoms with E-state index in [0.29, 0.717) is 5.69 Å². The molecule has 3 aromatic rings. The molecule has 0 spiro atoms. The van der Waals surface area contributed by atoms with E-state index in [0.717, 1.165) is 29.9 Å². The first-order chi connectivity index (χ1) is 12.3. The van der Waals surface area contributed by atoms with E-state index >= 15 is 0 Å². The third-order valence-corrected chi connectivity index (χ3v) is 4.56. The van der Waals surface area contributed by atoms with Crippen LogP contribution in [0.15, 0.2) is 48.9 Å². The van der Waals surface area contributed by atoms with Gasteiger partial charge in [-0.1, -0.05) is 18.2 Å². The van der Waals surface area contributed by atoms with E-state index in [9.17, 15) is 4.79 Å². The van der Waals surface area contributed by atoms with Crippen LogP contribution in [0.4, 0.5) is 11.6 Å². The molecule has 1 aliphatic rings. The summed E-state index contributed by atoms with van der Waals surface area (Å²) in [4.78, 5) is 23.3. The van der Waals surface area contributed by atoms with Crippen LogP contribution in [-0.2, 0) is 11.3 Å². The zero-order valence-corrected chi connectivity index (χ0v) is 14.1. The third-order valence-electron chi connectivity index (χ3n) is 4.56. The van der Waals surface area contributed by atoms with Crippen molar-refractivity contribution in [1.29, 1.82) is 0 Å². The Hall–Kier alpha value is -2.89. The van der Waals surface area contributed by atoms with Gasteiger partial charge in [-0.05, 0) is 36.8 Å². The molecule has 1 aliphatic heterocycles. The fourth-order valence-electron chi connectivity index (χ4n) is 3.28. The molecule has 6 heteroatoms. The highest BCUT2D eigenvalue weighted by Crippen LogP contribution is 2.17. The molecule has 0 radical (unpaired) electrons. The lowest BCUT2D eigenvalue weighted by molar-refractivity contribution is -0.116. The van der Waals surface area contributed by atoms with Crippen molar-refractivity contribution in [3.05, 3.63) is 48.9 Å². The predicted molar refractivity (Wildman–Crippen MR) is 98.7 cm³/mol. The summed E-state index contributed by atoms with van der Waals surface area (Å²) >= 11 is 0. The quantitative estimate of drug-likeness (QED) is 0.796. The molecule has 1 aromatic carbocycles. The number of benzene rings is 1. The van der Waals surface area contributed by atoms with E-state index in [4.69, 9.17) is 0 Å². The van der Waals surface area contributed by atoms with Crippen LogP contribution in [0.1, 0.15) is 19.3 Å². The standard InChI is InChI=1S/C19H21N5O/c25-18(14-24-11-8-15-6-2-3-7-17(15)24)22-16-12-20-19(21-13-16)23-9-4-1-5-10-23/h2-3,6-8,11-13H,1,4-5,9-10,14H2,(H,22,25). The van der Waals surface area contributed by atoms with Gasteiger partial charge in [-0.15, -0.1) is 0 Å². The molecule has 1 saturated heterocycles. The molecule has 0 saturated carbocycles. The zero-order valence-electron chi connectivity index (χ0n) is 14.1. The Morgan fingerprint density at radius 3 is 2.60 bits per heavy atom. The average molecular weight is 335 g/mol. The van der Waals surface area contributed by atoms with E-state index in [1.165, 1.54) is 19.3 Å². The minimum atomic E-state index is -0.0873. The maximum absolute atomic E-state index is 12.3. The molecule has 25 heavy (non-hydrogen) atoms. The van der Waals surface area contributed by atoms with Crippen LogP contribution in [0.25, 0.3) is 10.9 Å². The number of rotatable bonds is 4. The molecule has 6 nitrogen and oxygen atoms in total. The summed E-state index contributed by atoms with van der Waals surface area (Å²) in [5.74, 6) is 0.657. The van der Waals surface area contributed by atoms with Gasteiger partial charge in [-0.3, -0.25) is 4.79 Å². The summed E-state index contributed by atoms with van der Waals surface area (Å²) in [5.41, 5.74) is 1.68. The number of hydrogen-bond donors (Lipinski definition) is 1. The number of para-hydroxylation sites is 1. The van der Waals surface area contributed by atoms with Crippen LogP contribution in [-0.4, -0.2) is 33.5 Å². The van der Waals surface area contributed by atoms with Gasteiger partial charge in [0, 0.05) is 24.8 Å². The highest BCUT2D eigenvalue weighted by atomic mass is 16.1. The summed E-state index contributed by atoms with van der Waals surface area (Å²) in [6.07, 6.45) is 8.95. The van der Waals surface area contributed by atoms with Crippen molar-refractivity contribution in [2.75, 3.05) is 23.3 Å². The molecular formula is C19H21N5O. The number of anilines is 2. The first kappa shape index (κ1) is 15.6. The van der Waals surface area contributed by atoms with Gasteiger partial charge in [0.1, 0.15) is 6.54 Å². The van der Waals surface area contributed by atoms with Gasteiger partial charge in [0.05, 0.1) is 18.1 Å². The maximum Gasteiger partial charge on any atom is 0.244 e. The monoisotopic (exact) mass is 335 g/mol. The van der Waals surface area contributed by atoms with Crippen molar-refractivity contribution in [2.24, 2.45) is 0 Å².